The third-order valence-corrected chi connectivity index (χ3v) is 7.07. The van der Waals surface area contributed by atoms with Crippen molar-refractivity contribution in [3.05, 3.63) is 73.2 Å². The average Bonchev–Trinajstić information content (AvgIpc) is 3.28. The summed E-state index contributed by atoms with van der Waals surface area (Å²) in [5.41, 5.74) is 8.96. The van der Waals surface area contributed by atoms with Crippen LogP contribution in [-0.4, -0.2) is 24.1 Å². The minimum absolute atomic E-state index is 0.191. The lowest BCUT2D eigenvalue weighted by atomic mass is 9.97. The molecule has 0 amide bonds. The maximum absolute atomic E-state index is 14.1. The number of fused-ring (bicyclic) bond motifs is 2. The van der Waals surface area contributed by atoms with Crippen LogP contribution in [-0.2, 0) is 0 Å². The number of aromatic nitrogens is 5. The number of hydrogen-bond donors (Lipinski definition) is 1. The monoisotopic (exact) mass is 546 g/mol. The van der Waals surface area contributed by atoms with E-state index in [1.165, 1.54) is 29.8 Å². The Bertz CT molecular complexity index is 1540. The van der Waals surface area contributed by atoms with Crippen molar-refractivity contribution in [3.63, 3.8) is 0 Å². The van der Waals surface area contributed by atoms with Crippen molar-refractivity contribution in [1.82, 2.24) is 24.1 Å². The number of aryl methyl sites for hydroxylation is 1. The van der Waals surface area contributed by atoms with Gasteiger partial charge in [-0.25, -0.2) is 19.0 Å². The molecule has 0 bridgehead atoms. The number of rotatable bonds is 3. The first-order chi connectivity index (χ1) is 14.9. The highest BCUT2D eigenvalue weighted by molar-refractivity contribution is 14.1. The number of halogens is 2. The van der Waals surface area contributed by atoms with Crippen LogP contribution < -0.4 is 11.3 Å². The fourth-order valence-corrected chi connectivity index (χ4v) is 5.52. The second-order valence-corrected chi connectivity index (χ2v) is 9.12. The van der Waals surface area contributed by atoms with Crippen LogP contribution in [0, 0.1) is 16.4 Å². The molecule has 10 heteroatoms. The molecule has 0 aliphatic carbocycles. The van der Waals surface area contributed by atoms with Crippen molar-refractivity contribution >= 4 is 55.6 Å². The quantitative estimate of drug-likeness (QED) is 0.339. The molecule has 1 atom stereocenters. The fraction of sp³-hybridized carbons (Fsp3) is 0.143. The Morgan fingerprint density at radius 1 is 1.26 bits per heavy atom. The largest absolute Gasteiger partial charge is 0.383 e. The van der Waals surface area contributed by atoms with Crippen molar-refractivity contribution < 1.29 is 4.39 Å². The number of thiazole rings is 1. The molecule has 0 unspecified atom stereocenters. The fourth-order valence-electron chi connectivity index (χ4n) is 3.84. The first-order valence-corrected chi connectivity index (χ1v) is 11.4. The topological polar surface area (TPSA) is 91.1 Å². The maximum atomic E-state index is 14.1. The lowest BCUT2D eigenvalue weighted by molar-refractivity contribution is 0.575. The molecule has 0 saturated heterocycles. The van der Waals surface area contributed by atoms with E-state index in [1.807, 2.05) is 25.3 Å². The van der Waals surface area contributed by atoms with Gasteiger partial charge in [-0.2, -0.15) is 5.10 Å². The molecule has 0 saturated carbocycles. The first-order valence-electron chi connectivity index (χ1n) is 9.40. The summed E-state index contributed by atoms with van der Waals surface area (Å²) in [4.78, 5) is 22.8. The van der Waals surface area contributed by atoms with Gasteiger partial charge in [0.2, 0.25) is 0 Å². The van der Waals surface area contributed by atoms with Crippen molar-refractivity contribution in [3.8, 4) is 11.1 Å². The van der Waals surface area contributed by atoms with E-state index in [9.17, 15) is 9.18 Å². The number of nitrogens with zero attached hydrogens (tertiary/aromatic N) is 5. The molecular weight excluding hydrogens is 530 g/mol. The van der Waals surface area contributed by atoms with E-state index in [2.05, 4.69) is 37.7 Å². The van der Waals surface area contributed by atoms with Gasteiger partial charge in [0.1, 0.15) is 26.5 Å². The van der Waals surface area contributed by atoms with Crippen LogP contribution in [0.2, 0.25) is 0 Å². The molecular formula is C21H16FIN6OS. The Kier molecular flexibility index (Phi) is 4.77. The molecule has 2 N–H and O–H groups in total. The summed E-state index contributed by atoms with van der Waals surface area (Å²) in [7, 11) is 0. The highest BCUT2D eigenvalue weighted by atomic mass is 127. The SMILES string of the molecule is Cc1csc2cc([C@H](C)n3nc(I)c4c(N)ncnc43)c(-c3cccc(F)c3)c(=O)n12. The van der Waals surface area contributed by atoms with Crippen molar-refractivity contribution in [2.75, 3.05) is 5.73 Å². The molecule has 1 aromatic carbocycles. The van der Waals surface area contributed by atoms with E-state index < -0.39 is 5.82 Å². The highest BCUT2D eigenvalue weighted by Crippen LogP contribution is 2.33. The summed E-state index contributed by atoms with van der Waals surface area (Å²) in [6.07, 6.45) is 1.40. The van der Waals surface area contributed by atoms with E-state index in [4.69, 9.17) is 5.73 Å². The van der Waals surface area contributed by atoms with Gasteiger partial charge in [0.15, 0.2) is 5.65 Å². The van der Waals surface area contributed by atoms with Gasteiger partial charge in [0.05, 0.1) is 17.0 Å². The smallest absolute Gasteiger partial charge is 0.264 e. The number of hydrogen-bond acceptors (Lipinski definition) is 6. The minimum atomic E-state index is -0.401. The molecule has 7 nitrogen and oxygen atoms in total. The van der Waals surface area contributed by atoms with Crippen LogP contribution in [0.5, 0.6) is 0 Å². The van der Waals surface area contributed by atoms with Crippen LogP contribution in [0.3, 0.4) is 0 Å². The lowest BCUT2D eigenvalue weighted by Crippen LogP contribution is -2.21. The molecule has 4 aromatic heterocycles. The summed E-state index contributed by atoms with van der Waals surface area (Å²) in [5.74, 6) is -0.0511. The Labute approximate surface area is 193 Å². The number of anilines is 1. The number of benzene rings is 1. The predicted octanol–water partition coefficient (Wildman–Crippen LogP) is 4.41. The van der Waals surface area contributed by atoms with E-state index >= 15 is 0 Å². The summed E-state index contributed by atoms with van der Waals surface area (Å²) in [6.45, 7) is 3.82. The van der Waals surface area contributed by atoms with Crippen molar-refractivity contribution in [1.29, 1.82) is 0 Å². The summed E-state index contributed by atoms with van der Waals surface area (Å²) in [5, 5.41) is 7.24. The summed E-state index contributed by atoms with van der Waals surface area (Å²) < 4.78 is 18.1. The van der Waals surface area contributed by atoms with Crippen molar-refractivity contribution in [2.24, 2.45) is 0 Å². The van der Waals surface area contributed by atoms with Crippen LogP contribution >= 0.6 is 33.9 Å². The molecule has 31 heavy (non-hydrogen) atoms. The summed E-state index contributed by atoms with van der Waals surface area (Å²) >= 11 is 3.59. The summed E-state index contributed by atoms with van der Waals surface area (Å²) in [6, 6.07) is 7.70. The molecule has 0 fully saturated rings. The zero-order valence-corrected chi connectivity index (χ0v) is 19.5. The molecule has 0 radical (unpaired) electrons. The Balaban J connectivity index is 1.84. The Morgan fingerprint density at radius 2 is 2.06 bits per heavy atom. The zero-order chi connectivity index (χ0) is 21.9. The second kappa shape index (κ2) is 7.38. The normalized spacial score (nSPS) is 12.6. The van der Waals surface area contributed by atoms with Crippen LogP contribution in [0.15, 0.2) is 46.8 Å². The molecule has 0 aliphatic rings. The van der Waals surface area contributed by atoms with E-state index in [-0.39, 0.29) is 11.6 Å². The van der Waals surface area contributed by atoms with Gasteiger partial charge >= 0.3 is 0 Å². The van der Waals surface area contributed by atoms with Gasteiger partial charge in [-0.3, -0.25) is 9.20 Å². The zero-order valence-electron chi connectivity index (χ0n) is 16.5. The maximum Gasteiger partial charge on any atom is 0.264 e. The Hall–Kier alpha value is -2.86. The molecule has 0 spiro atoms. The molecule has 4 heterocycles. The number of nitrogens with two attached hydrogens (primary N) is 1. The molecule has 156 valence electrons. The van der Waals surface area contributed by atoms with Crippen LogP contribution in [0.25, 0.3) is 27.0 Å². The second-order valence-electron chi connectivity index (χ2n) is 7.21. The highest BCUT2D eigenvalue weighted by Gasteiger charge is 2.24. The van der Waals surface area contributed by atoms with Gasteiger partial charge in [-0.15, -0.1) is 11.3 Å². The van der Waals surface area contributed by atoms with Gasteiger partial charge in [0.25, 0.3) is 5.56 Å². The number of nitrogen functional groups attached to an aromatic ring is 1. The van der Waals surface area contributed by atoms with E-state index in [0.717, 1.165) is 16.1 Å². The minimum Gasteiger partial charge on any atom is -0.383 e. The van der Waals surface area contributed by atoms with E-state index in [1.54, 1.807) is 21.2 Å². The average molecular weight is 546 g/mol. The van der Waals surface area contributed by atoms with Gasteiger partial charge in [-0.1, -0.05) is 12.1 Å². The first kappa shape index (κ1) is 20.1. The molecule has 5 aromatic rings. The van der Waals surface area contributed by atoms with Crippen molar-refractivity contribution in [2.45, 2.75) is 19.9 Å². The van der Waals surface area contributed by atoms with Gasteiger partial charge < -0.3 is 5.73 Å². The van der Waals surface area contributed by atoms with Crippen LogP contribution in [0.1, 0.15) is 24.2 Å². The third-order valence-electron chi connectivity index (χ3n) is 5.31. The predicted molar refractivity (Wildman–Crippen MR) is 128 cm³/mol. The van der Waals surface area contributed by atoms with Gasteiger partial charge in [0, 0.05) is 11.1 Å². The lowest BCUT2D eigenvalue weighted by Gasteiger charge is -2.18. The Morgan fingerprint density at radius 3 is 2.84 bits per heavy atom. The molecule has 5 rings (SSSR count). The third kappa shape index (κ3) is 3.12. The van der Waals surface area contributed by atoms with Gasteiger partial charge in [-0.05, 0) is 65.8 Å². The van der Waals surface area contributed by atoms with Crippen LogP contribution in [0.4, 0.5) is 10.2 Å². The number of pyridine rings is 1. The standard InChI is InChI=1S/C21H16FIN6OS/c1-10-8-31-15-7-14(16(21(30)28(10)15)12-4-3-5-13(22)6-12)11(2)29-20-17(18(23)27-29)19(24)25-9-26-20/h3-9,11H,1-2H3,(H2,24,25,26)/t11-/m0/s1. The molecule has 0 aliphatic heterocycles. The van der Waals surface area contributed by atoms with E-state index in [0.29, 0.717) is 31.7 Å².